The van der Waals surface area contributed by atoms with Crippen LogP contribution in [0.15, 0.2) is 34.9 Å². The SMILES string of the molecule is CCOC(=O)c1coc(NCCc2ccc(F)cc2)n1. The van der Waals surface area contributed by atoms with Crippen molar-refractivity contribution >= 4 is 12.0 Å². The van der Waals surface area contributed by atoms with Gasteiger partial charge in [0.25, 0.3) is 6.01 Å². The van der Waals surface area contributed by atoms with Crippen molar-refractivity contribution in [3.05, 3.63) is 47.6 Å². The van der Waals surface area contributed by atoms with Crippen LogP contribution in [0.3, 0.4) is 0 Å². The summed E-state index contributed by atoms with van der Waals surface area (Å²) >= 11 is 0. The smallest absolute Gasteiger partial charge is 0.360 e. The monoisotopic (exact) mass is 278 g/mol. The molecular formula is C14H15FN2O3. The topological polar surface area (TPSA) is 64.4 Å². The summed E-state index contributed by atoms with van der Waals surface area (Å²) in [5, 5.41) is 2.95. The Bertz CT molecular complexity index is 566. The molecule has 0 bridgehead atoms. The number of carbonyl (C=O) groups excluding carboxylic acids is 1. The Morgan fingerprint density at radius 1 is 1.40 bits per heavy atom. The molecule has 1 aromatic heterocycles. The lowest BCUT2D eigenvalue weighted by atomic mass is 10.1. The van der Waals surface area contributed by atoms with Gasteiger partial charge in [-0.1, -0.05) is 12.1 Å². The summed E-state index contributed by atoms with van der Waals surface area (Å²) in [5.74, 6) is -0.767. The van der Waals surface area contributed by atoms with Crippen molar-refractivity contribution in [3.8, 4) is 0 Å². The predicted molar refractivity (Wildman–Crippen MR) is 71.1 cm³/mol. The van der Waals surface area contributed by atoms with E-state index in [9.17, 15) is 9.18 Å². The molecule has 0 atom stereocenters. The fraction of sp³-hybridized carbons (Fsp3) is 0.286. The van der Waals surface area contributed by atoms with E-state index in [-0.39, 0.29) is 17.5 Å². The molecule has 0 spiro atoms. The molecule has 0 saturated heterocycles. The third-order valence-electron chi connectivity index (χ3n) is 2.59. The molecule has 2 aromatic rings. The minimum absolute atomic E-state index is 0.135. The quantitative estimate of drug-likeness (QED) is 0.823. The molecule has 6 heteroatoms. The minimum Gasteiger partial charge on any atom is -0.461 e. The first-order chi connectivity index (χ1) is 9.69. The molecule has 1 aromatic carbocycles. The van der Waals surface area contributed by atoms with Crippen molar-refractivity contribution in [1.82, 2.24) is 4.98 Å². The van der Waals surface area contributed by atoms with Crippen LogP contribution in [-0.2, 0) is 11.2 Å². The van der Waals surface area contributed by atoms with E-state index in [2.05, 4.69) is 10.3 Å². The summed E-state index contributed by atoms with van der Waals surface area (Å²) in [6, 6.07) is 6.53. The Morgan fingerprint density at radius 3 is 2.85 bits per heavy atom. The third-order valence-corrected chi connectivity index (χ3v) is 2.59. The van der Waals surface area contributed by atoms with Gasteiger partial charge >= 0.3 is 5.97 Å². The van der Waals surface area contributed by atoms with Crippen LogP contribution in [0.4, 0.5) is 10.4 Å². The molecule has 106 valence electrons. The molecule has 0 aliphatic rings. The molecule has 0 amide bonds. The van der Waals surface area contributed by atoms with Crippen molar-refractivity contribution in [2.75, 3.05) is 18.5 Å². The molecule has 0 unspecified atom stereocenters. The van der Waals surface area contributed by atoms with Crippen molar-refractivity contribution in [3.63, 3.8) is 0 Å². The maximum Gasteiger partial charge on any atom is 0.360 e. The molecule has 0 saturated carbocycles. The van der Waals surface area contributed by atoms with Crippen LogP contribution in [0, 0.1) is 5.82 Å². The van der Waals surface area contributed by atoms with Gasteiger partial charge in [-0.15, -0.1) is 0 Å². The molecule has 2 rings (SSSR count). The highest BCUT2D eigenvalue weighted by atomic mass is 19.1. The number of anilines is 1. The van der Waals surface area contributed by atoms with E-state index in [1.165, 1.54) is 18.4 Å². The lowest BCUT2D eigenvalue weighted by Gasteiger charge is -2.02. The van der Waals surface area contributed by atoms with E-state index in [1.807, 2.05) is 0 Å². The Hall–Kier alpha value is -2.37. The van der Waals surface area contributed by atoms with Gasteiger partial charge in [0, 0.05) is 6.54 Å². The highest BCUT2D eigenvalue weighted by Gasteiger charge is 2.12. The molecule has 0 aliphatic heterocycles. The van der Waals surface area contributed by atoms with E-state index < -0.39 is 5.97 Å². The molecule has 0 radical (unpaired) electrons. The largest absolute Gasteiger partial charge is 0.461 e. The number of rotatable bonds is 6. The fourth-order valence-corrected chi connectivity index (χ4v) is 1.62. The Morgan fingerprint density at radius 2 is 2.15 bits per heavy atom. The minimum atomic E-state index is -0.511. The number of oxazole rings is 1. The second-order valence-corrected chi connectivity index (χ2v) is 4.06. The van der Waals surface area contributed by atoms with Crippen LogP contribution in [0.5, 0.6) is 0 Å². The molecule has 0 fully saturated rings. The average Bonchev–Trinajstić information content (AvgIpc) is 2.90. The van der Waals surface area contributed by atoms with E-state index >= 15 is 0 Å². The van der Waals surface area contributed by atoms with Gasteiger partial charge in [-0.05, 0) is 31.0 Å². The standard InChI is InChI=1S/C14H15FN2O3/c1-2-19-13(18)12-9-20-14(17-12)16-8-7-10-3-5-11(15)6-4-10/h3-6,9H,2,7-8H2,1H3,(H,16,17). The van der Waals surface area contributed by atoms with Crippen molar-refractivity contribution < 1.29 is 18.3 Å². The number of halogens is 1. The van der Waals surface area contributed by atoms with E-state index in [1.54, 1.807) is 19.1 Å². The lowest BCUT2D eigenvalue weighted by Crippen LogP contribution is -2.07. The molecule has 1 N–H and O–H groups in total. The Labute approximate surface area is 115 Å². The van der Waals surface area contributed by atoms with Crippen LogP contribution in [0.1, 0.15) is 23.0 Å². The first-order valence-electron chi connectivity index (χ1n) is 6.30. The normalized spacial score (nSPS) is 10.3. The number of ether oxygens (including phenoxy) is 1. The van der Waals surface area contributed by atoms with Gasteiger partial charge in [-0.2, -0.15) is 4.98 Å². The zero-order chi connectivity index (χ0) is 14.4. The zero-order valence-corrected chi connectivity index (χ0v) is 11.1. The van der Waals surface area contributed by atoms with Crippen LogP contribution in [-0.4, -0.2) is 24.1 Å². The first kappa shape index (κ1) is 14.0. The van der Waals surface area contributed by atoms with Crippen LogP contribution < -0.4 is 5.32 Å². The molecular weight excluding hydrogens is 263 g/mol. The van der Waals surface area contributed by atoms with Gasteiger partial charge in [0.15, 0.2) is 5.69 Å². The van der Waals surface area contributed by atoms with Crippen LogP contribution in [0.25, 0.3) is 0 Å². The molecule has 1 heterocycles. The number of esters is 1. The number of nitrogens with zero attached hydrogens (tertiary/aromatic N) is 1. The summed E-state index contributed by atoms with van der Waals surface area (Å²) in [7, 11) is 0. The van der Waals surface area contributed by atoms with Gasteiger partial charge in [0.2, 0.25) is 0 Å². The number of nitrogens with one attached hydrogen (secondary N) is 1. The number of hydrogen-bond donors (Lipinski definition) is 1. The second-order valence-electron chi connectivity index (χ2n) is 4.06. The number of benzene rings is 1. The summed E-state index contributed by atoms with van der Waals surface area (Å²) in [6.45, 7) is 2.58. The van der Waals surface area contributed by atoms with Gasteiger partial charge in [-0.25, -0.2) is 9.18 Å². The second kappa shape index (κ2) is 6.70. The Balaban J connectivity index is 1.82. The summed E-state index contributed by atoms with van der Waals surface area (Å²) in [5.41, 5.74) is 1.13. The highest BCUT2D eigenvalue weighted by Crippen LogP contribution is 2.09. The summed E-state index contributed by atoms with van der Waals surface area (Å²) < 4.78 is 22.6. The predicted octanol–water partition coefficient (Wildman–Crippen LogP) is 2.65. The van der Waals surface area contributed by atoms with E-state index in [0.717, 1.165) is 5.56 Å². The highest BCUT2D eigenvalue weighted by molar-refractivity contribution is 5.87. The molecule has 0 aliphatic carbocycles. The van der Waals surface area contributed by atoms with Gasteiger partial charge in [0.1, 0.15) is 12.1 Å². The molecule has 20 heavy (non-hydrogen) atoms. The molecule has 5 nitrogen and oxygen atoms in total. The van der Waals surface area contributed by atoms with Gasteiger partial charge < -0.3 is 14.5 Å². The average molecular weight is 278 g/mol. The van der Waals surface area contributed by atoms with Crippen molar-refractivity contribution in [1.29, 1.82) is 0 Å². The Kier molecular flexibility index (Phi) is 4.70. The van der Waals surface area contributed by atoms with Crippen molar-refractivity contribution in [2.45, 2.75) is 13.3 Å². The number of aromatic nitrogens is 1. The fourth-order valence-electron chi connectivity index (χ4n) is 1.62. The van der Waals surface area contributed by atoms with Gasteiger partial charge in [0.05, 0.1) is 6.61 Å². The van der Waals surface area contributed by atoms with E-state index in [0.29, 0.717) is 19.6 Å². The maximum atomic E-state index is 12.7. The maximum absolute atomic E-state index is 12.7. The van der Waals surface area contributed by atoms with E-state index in [4.69, 9.17) is 9.15 Å². The first-order valence-corrected chi connectivity index (χ1v) is 6.30. The summed E-state index contributed by atoms with van der Waals surface area (Å²) in [4.78, 5) is 15.3. The third kappa shape index (κ3) is 3.81. The number of hydrogen-bond acceptors (Lipinski definition) is 5. The summed E-state index contributed by atoms with van der Waals surface area (Å²) in [6.07, 6.45) is 1.94. The lowest BCUT2D eigenvalue weighted by molar-refractivity contribution is 0.0519. The zero-order valence-electron chi connectivity index (χ0n) is 11.1. The van der Waals surface area contributed by atoms with Gasteiger partial charge in [-0.3, -0.25) is 0 Å². The number of carbonyl (C=O) groups is 1. The van der Waals surface area contributed by atoms with Crippen LogP contribution >= 0.6 is 0 Å². The van der Waals surface area contributed by atoms with Crippen LogP contribution in [0.2, 0.25) is 0 Å². The van der Waals surface area contributed by atoms with Crippen molar-refractivity contribution in [2.24, 2.45) is 0 Å².